The number of carbonyl (C=O) groups excluding carboxylic acids is 2. The fourth-order valence-corrected chi connectivity index (χ4v) is 2.91. The molecule has 2 heterocycles. The Kier molecular flexibility index (Phi) is 4.93. The van der Waals surface area contributed by atoms with Crippen LogP contribution in [-0.4, -0.2) is 47.9 Å². The molecule has 0 aliphatic carbocycles. The number of hydrogen-bond acceptors (Lipinski definition) is 4. The van der Waals surface area contributed by atoms with Gasteiger partial charge in [-0.2, -0.15) is 0 Å². The quantitative estimate of drug-likeness (QED) is 0.911. The molecule has 1 N–H and O–H groups in total. The van der Waals surface area contributed by atoms with E-state index < -0.39 is 0 Å². The lowest BCUT2D eigenvalue weighted by atomic mass is 10.1. The van der Waals surface area contributed by atoms with Crippen LogP contribution in [-0.2, 0) is 4.79 Å². The second-order valence-electron chi connectivity index (χ2n) is 5.74. The van der Waals surface area contributed by atoms with Gasteiger partial charge >= 0.3 is 0 Å². The van der Waals surface area contributed by atoms with Crippen LogP contribution in [0.25, 0.3) is 10.9 Å². The topological polar surface area (TPSA) is 71.5 Å². The summed E-state index contributed by atoms with van der Waals surface area (Å²) in [5.74, 6) is 0.427. The fraction of sp³-hybridized carbons (Fsp3) is 0.389. The maximum absolute atomic E-state index is 12.4. The van der Waals surface area contributed by atoms with E-state index >= 15 is 0 Å². The van der Waals surface area contributed by atoms with Gasteiger partial charge in [-0.1, -0.05) is 0 Å². The number of hydrogen-bond donors (Lipinski definition) is 1. The molecule has 0 radical (unpaired) electrons. The summed E-state index contributed by atoms with van der Waals surface area (Å²) >= 11 is 0. The molecule has 3 rings (SSSR count). The van der Waals surface area contributed by atoms with Crippen LogP contribution in [0.2, 0.25) is 0 Å². The summed E-state index contributed by atoms with van der Waals surface area (Å²) in [6.07, 6.45) is 3.67. The molecule has 0 bridgehead atoms. The van der Waals surface area contributed by atoms with Gasteiger partial charge in [0.15, 0.2) is 0 Å². The van der Waals surface area contributed by atoms with E-state index in [0.29, 0.717) is 17.7 Å². The lowest BCUT2D eigenvalue weighted by Gasteiger charge is -2.15. The average molecular weight is 327 g/mol. The zero-order valence-electron chi connectivity index (χ0n) is 13.7. The van der Waals surface area contributed by atoms with E-state index in [2.05, 4.69) is 10.3 Å². The molecule has 6 nitrogen and oxygen atoms in total. The summed E-state index contributed by atoms with van der Waals surface area (Å²) in [4.78, 5) is 30.6. The first-order valence-corrected chi connectivity index (χ1v) is 8.26. The number of aromatic nitrogens is 1. The van der Waals surface area contributed by atoms with Crippen molar-refractivity contribution in [2.45, 2.75) is 19.8 Å². The lowest BCUT2D eigenvalue weighted by Crippen LogP contribution is -2.38. The molecule has 0 saturated carbocycles. The van der Waals surface area contributed by atoms with Crippen molar-refractivity contribution in [1.82, 2.24) is 15.2 Å². The number of likely N-dealkylation sites (tertiary alicyclic amines) is 1. The SMILES string of the molecule is CCOc1ccc2c(C(=O)NCC(=O)N3CCCC3)ccnc2c1. The van der Waals surface area contributed by atoms with E-state index in [-0.39, 0.29) is 18.4 Å². The van der Waals surface area contributed by atoms with E-state index in [9.17, 15) is 9.59 Å². The highest BCUT2D eigenvalue weighted by Gasteiger charge is 2.19. The molecule has 0 unspecified atom stereocenters. The molecular weight excluding hydrogens is 306 g/mol. The van der Waals surface area contributed by atoms with E-state index in [1.807, 2.05) is 25.1 Å². The number of nitrogens with zero attached hydrogens (tertiary/aromatic N) is 2. The van der Waals surface area contributed by atoms with Gasteiger partial charge in [0.2, 0.25) is 5.91 Å². The van der Waals surface area contributed by atoms with Gasteiger partial charge in [0, 0.05) is 30.7 Å². The molecule has 1 aliphatic rings. The third-order valence-electron chi connectivity index (χ3n) is 4.13. The molecule has 24 heavy (non-hydrogen) atoms. The second-order valence-corrected chi connectivity index (χ2v) is 5.74. The average Bonchev–Trinajstić information content (AvgIpc) is 3.13. The summed E-state index contributed by atoms with van der Waals surface area (Å²) in [7, 11) is 0. The highest BCUT2D eigenvalue weighted by molar-refractivity contribution is 6.07. The van der Waals surface area contributed by atoms with E-state index in [1.54, 1.807) is 17.2 Å². The molecule has 0 atom stereocenters. The van der Waals surface area contributed by atoms with Crippen molar-refractivity contribution in [2.75, 3.05) is 26.2 Å². The van der Waals surface area contributed by atoms with Crippen LogP contribution in [0.3, 0.4) is 0 Å². The number of pyridine rings is 1. The van der Waals surface area contributed by atoms with E-state index in [0.717, 1.165) is 37.1 Å². The predicted octanol–water partition coefficient (Wildman–Crippen LogP) is 1.99. The number of ether oxygens (including phenoxy) is 1. The predicted molar refractivity (Wildman–Crippen MR) is 91.1 cm³/mol. The first-order valence-electron chi connectivity index (χ1n) is 8.26. The van der Waals surface area contributed by atoms with E-state index in [1.165, 1.54) is 0 Å². The minimum absolute atomic E-state index is 0.0275. The monoisotopic (exact) mass is 327 g/mol. The molecule has 0 spiro atoms. The Balaban J connectivity index is 1.73. The molecule has 1 aromatic heterocycles. The Morgan fingerprint density at radius 3 is 2.79 bits per heavy atom. The maximum Gasteiger partial charge on any atom is 0.252 e. The minimum Gasteiger partial charge on any atom is -0.494 e. The number of nitrogens with one attached hydrogen (secondary N) is 1. The number of carbonyl (C=O) groups is 2. The Labute approximate surface area is 140 Å². The molecule has 1 aliphatic heterocycles. The van der Waals surface area contributed by atoms with Crippen molar-refractivity contribution in [2.24, 2.45) is 0 Å². The zero-order valence-corrected chi connectivity index (χ0v) is 13.7. The zero-order chi connectivity index (χ0) is 16.9. The van der Waals surface area contributed by atoms with Crippen molar-refractivity contribution in [1.29, 1.82) is 0 Å². The van der Waals surface area contributed by atoms with E-state index in [4.69, 9.17) is 4.74 Å². The van der Waals surface area contributed by atoms with Gasteiger partial charge in [0.1, 0.15) is 5.75 Å². The van der Waals surface area contributed by atoms with Crippen LogP contribution >= 0.6 is 0 Å². The number of fused-ring (bicyclic) bond motifs is 1. The van der Waals surface area contributed by atoms with Crippen molar-refractivity contribution in [3.8, 4) is 5.75 Å². The Morgan fingerprint density at radius 1 is 1.25 bits per heavy atom. The van der Waals surface area contributed by atoms with Crippen LogP contribution < -0.4 is 10.1 Å². The third-order valence-corrected chi connectivity index (χ3v) is 4.13. The largest absolute Gasteiger partial charge is 0.494 e. The van der Waals surface area contributed by atoms with Gasteiger partial charge in [-0.15, -0.1) is 0 Å². The van der Waals surface area contributed by atoms with Gasteiger partial charge in [0.05, 0.1) is 24.2 Å². The molecule has 1 aromatic carbocycles. The molecule has 6 heteroatoms. The molecule has 2 aromatic rings. The van der Waals surface area contributed by atoms with Crippen molar-refractivity contribution >= 4 is 22.7 Å². The minimum atomic E-state index is -0.265. The first-order chi connectivity index (χ1) is 11.7. The lowest BCUT2D eigenvalue weighted by molar-refractivity contribution is -0.129. The smallest absolute Gasteiger partial charge is 0.252 e. The summed E-state index contributed by atoms with van der Waals surface area (Å²) in [5.41, 5.74) is 1.21. The number of amides is 2. The van der Waals surface area contributed by atoms with Gasteiger partial charge in [0.25, 0.3) is 5.91 Å². The molecule has 1 saturated heterocycles. The summed E-state index contributed by atoms with van der Waals surface area (Å²) < 4.78 is 5.46. The highest BCUT2D eigenvalue weighted by Crippen LogP contribution is 2.22. The highest BCUT2D eigenvalue weighted by atomic mass is 16.5. The van der Waals surface area contributed by atoms with Crippen LogP contribution in [0.5, 0.6) is 5.75 Å². The van der Waals surface area contributed by atoms with Gasteiger partial charge in [-0.25, -0.2) is 0 Å². The molecular formula is C18H21N3O3. The first kappa shape index (κ1) is 16.2. The van der Waals surface area contributed by atoms with Gasteiger partial charge in [-0.3, -0.25) is 14.6 Å². The Hall–Kier alpha value is -2.63. The van der Waals surface area contributed by atoms with Crippen molar-refractivity contribution < 1.29 is 14.3 Å². The standard InChI is InChI=1S/C18H21N3O3/c1-2-24-13-5-6-14-15(7-8-19-16(14)11-13)18(23)20-12-17(22)21-9-3-4-10-21/h5-8,11H,2-4,9-10,12H2,1H3,(H,20,23). The van der Waals surface area contributed by atoms with Gasteiger partial charge < -0.3 is 15.0 Å². The third kappa shape index (κ3) is 3.48. The van der Waals surface area contributed by atoms with Crippen molar-refractivity contribution in [3.63, 3.8) is 0 Å². The van der Waals surface area contributed by atoms with Crippen LogP contribution in [0.4, 0.5) is 0 Å². The molecule has 126 valence electrons. The normalized spacial score (nSPS) is 14.0. The molecule has 2 amide bonds. The van der Waals surface area contributed by atoms with Crippen LogP contribution in [0.1, 0.15) is 30.1 Å². The maximum atomic E-state index is 12.4. The van der Waals surface area contributed by atoms with Crippen LogP contribution in [0, 0.1) is 0 Å². The number of benzene rings is 1. The van der Waals surface area contributed by atoms with Crippen molar-refractivity contribution in [3.05, 3.63) is 36.0 Å². The summed E-state index contributed by atoms with van der Waals surface area (Å²) in [5, 5.41) is 3.46. The second kappa shape index (κ2) is 7.29. The Bertz CT molecular complexity index is 754. The van der Waals surface area contributed by atoms with Gasteiger partial charge in [-0.05, 0) is 38.0 Å². The Morgan fingerprint density at radius 2 is 2.04 bits per heavy atom. The molecule has 1 fully saturated rings. The fourth-order valence-electron chi connectivity index (χ4n) is 2.91. The van der Waals surface area contributed by atoms with Crippen LogP contribution in [0.15, 0.2) is 30.5 Å². The number of rotatable bonds is 5. The summed E-state index contributed by atoms with van der Waals surface area (Å²) in [6.45, 7) is 4.09. The summed E-state index contributed by atoms with van der Waals surface area (Å²) in [6, 6.07) is 7.12.